The third kappa shape index (κ3) is 5.40. The highest BCUT2D eigenvalue weighted by atomic mass is 32.2. The average Bonchev–Trinajstić information content (AvgIpc) is 2.82. The molecular formula is C26H27FN2O5S. The largest absolute Gasteiger partial charge is 0.486 e. The van der Waals surface area contributed by atoms with E-state index >= 15 is 0 Å². The SMILES string of the molecule is Cc1ccc(C(C)NC(=O)CN(c2cccc(F)c2)S(=O)(=O)c2ccc3c(c2)OCCO3)c(C)c1. The number of anilines is 1. The van der Waals surface area contributed by atoms with Crippen LogP contribution in [0.25, 0.3) is 0 Å². The smallest absolute Gasteiger partial charge is 0.264 e. The maximum atomic E-state index is 14.0. The molecule has 3 aromatic rings. The number of fused-ring (bicyclic) bond motifs is 1. The molecule has 1 unspecified atom stereocenters. The van der Waals surface area contributed by atoms with E-state index in [0.717, 1.165) is 27.1 Å². The van der Waals surface area contributed by atoms with Crippen molar-refractivity contribution in [2.24, 2.45) is 0 Å². The zero-order valence-corrected chi connectivity index (χ0v) is 20.6. The Morgan fingerprint density at radius 2 is 1.77 bits per heavy atom. The lowest BCUT2D eigenvalue weighted by molar-refractivity contribution is -0.120. The number of carbonyl (C=O) groups excluding carboxylic acids is 1. The van der Waals surface area contributed by atoms with Gasteiger partial charge in [-0.15, -0.1) is 0 Å². The molecule has 0 radical (unpaired) electrons. The molecule has 1 N–H and O–H groups in total. The molecule has 0 fully saturated rings. The number of hydrogen-bond acceptors (Lipinski definition) is 5. The Morgan fingerprint density at radius 3 is 2.49 bits per heavy atom. The standard InChI is InChI=1S/C26H27FN2O5S/c1-17-7-9-23(18(2)13-17)19(3)28-26(30)16-29(21-6-4-5-20(27)14-21)35(31,32)22-8-10-24-25(15-22)34-12-11-33-24/h4-10,13-15,19H,11-12,16H2,1-3H3,(H,28,30). The van der Waals surface area contributed by atoms with E-state index in [4.69, 9.17) is 9.47 Å². The van der Waals surface area contributed by atoms with Gasteiger partial charge >= 0.3 is 0 Å². The Kier molecular flexibility index (Phi) is 6.98. The van der Waals surface area contributed by atoms with E-state index in [1.807, 2.05) is 39.0 Å². The molecule has 1 aliphatic heterocycles. The molecule has 0 bridgehead atoms. The predicted octanol–water partition coefficient (Wildman–Crippen LogP) is 4.29. The summed E-state index contributed by atoms with van der Waals surface area (Å²) in [6, 6.07) is 14.9. The number of nitrogens with zero attached hydrogens (tertiary/aromatic N) is 1. The molecule has 184 valence electrons. The highest BCUT2D eigenvalue weighted by Gasteiger charge is 2.29. The maximum Gasteiger partial charge on any atom is 0.264 e. The van der Waals surface area contributed by atoms with Crippen molar-refractivity contribution in [3.8, 4) is 11.5 Å². The summed E-state index contributed by atoms with van der Waals surface area (Å²) in [5.41, 5.74) is 3.08. The molecule has 1 aliphatic rings. The van der Waals surface area contributed by atoms with Crippen LogP contribution in [0.1, 0.15) is 29.7 Å². The van der Waals surface area contributed by atoms with Crippen molar-refractivity contribution in [3.63, 3.8) is 0 Å². The number of rotatable bonds is 7. The van der Waals surface area contributed by atoms with Crippen LogP contribution in [0.15, 0.2) is 65.6 Å². The van der Waals surface area contributed by atoms with E-state index in [2.05, 4.69) is 5.32 Å². The number of hydrogen-bond donors (Lipinski definition) is 1. The fourth-order valence-electron chi connectivity index (χ4n) is 4.06. The fraction of sp³-hybridized carbons (Fsp3) is 0.269. The summed E-state index contributed by atoms with van der Waals surface area (Å²) in [4.78, 5) is 12.9. The number of halogens is 1. The monoisotopic (exact) mass is 498 g/mol. The Bertz CT molecular complexity index is 1360. The van der Waals surface area contributed by atoms with Crippen LogP contribution < -0.4 is 19.1 Å². The van der Waals surface area contributed by atoms with Gasteiger partial charge in [0.25, 0.3) is 10.0 Å². The highest BCUT2D eigenvalue weighted by molar-refractivity contribution is 7.92. The van der Waals surface area contributed by atoms with E-state index in [0.29, 0.717) is 24.7 Å². The van der Waals surface area contributed by atoms with Crippen LogP contribution in [0.5, 0.6) is 11.5 Å². The summed E-state index contributed by atoms with van der Waals surface area (Å²) in [6.07, 6.45) is 0. The number of benzene rings is 3. The molecule has 3 aromatic carbocycles. The van der Waals surface area contributed by atoms with Crippen LogP contribution in [0, 0.1) is 19.7 Å². The number of amides is 1. The van der Waals surface area contributed by atoms with Gasteiger partial charge in [-0.1, -0.05) is 29.8 Å². The second-order valence-corrected chi connectivity index (χ2v) is 10.3. The van der Waals surface area contributed by atoms with Crippen molar-refractivity contribution in [3.05, 3.63) is 83.2 Å². The second kappa shape index (κ2) is 9.95. The van der Waals surface area contributed by atoms with Crippen molar-refractivity contribution in [1.82, 2.24) is 5.32 Å². The van der Waals surface area contributed by atoms with Crippen molar-refractivity contribution in [2.75, 3.05) is 24.1 Å². The molecule has 0 saturated carbocycles. The van der Waals surface area contributed by atoms with Crippen LogP contribution in [0.3, 0.4) is 0 Å². The molecule has 0 aliphatic carbocycles. The first-order valence-corrected chi connectivity index (χ1v) is 12.6. The minimum atomic E-state index is -4.24. The molecular weight excluding hydrogens is 471 g/mol. The number of sulfonamides is 1. The first-order valence-electron chi connectivity index (χ1n) is 11.2. The lowest BCUT2D eigenvalue weighted by Crippen LogP contribution is -2.41. The Balaban J connectivity index is 1.64. The molecule has 0 spiro atoms. The van der Waals surface area contributed by atoms with Gasteiger partial charge in [0.15, 0.2) is 11.5 Å². The molecule has 1 heterocycles. The molecule has 0 saturated heterocycles. The van der Waals surface area contributed by atoms with Gasteiger partial charge in [-0.25, -0.2) is 12.8 Å². The van der Waals surface area contributed by atoms with Crippen molar-refractivity contribution < 1.29 is 27.1 Å². The number of nitrogens with one attached hydrogen (secondary N) is 1. The van der Waals surface area contributed by atoms with Gasteiger partial charge in [0.1, 0.15) is 25.6 Å². The van der Waals surface area contributed by atoms with Crippen LogP contribution >= 0.6 is 0 Å². The van der Waals surface area contributed by atoms with E-state index in [-0.39, 0.29) is 16.6 Å². The summed E-state index contributed by atoms with van der Waals surface area (Å²) in [7, 11) is -4.24. The topological polar surface area (TPSA) is 84.9 Å². The number of aryl methyl sites for hydroxylation is 2. The quantitative estimate of drug-likeness (QED) is 0.526. The second-order valence-electron chi connectivity index (χ2n) is 8.45. The normalized spacial score (nSPS) is 13.7. The average molecular weight is 499 g/mol. The number of ether oxygens (including phenoxy) is 2. The molecule has 1 amide bonds. The molecule has 1 atom stereocenters. The highest BCUT2D eigenvalue weighted by Crippen LogP contribution is 2.34. The van der Waals surface area contributed by atoms with Gasteiger partial charge in [-0.2, -0.15) is 0 Å². The zero-order chi connectivity index (χ0) is 25.2. The molecule has 35 heavy (non-hydrogen) atoms. The maximum absolute atomic E-state index is 14.0. The summed E-state index contributed by atoms with van der Waals surface area (Å²) < 4.78 is 53.2. The van der Waals surface area contributed by atoms with E-state index in [1.54, 1.807) is 0 Å². The fourth-order valence-corrected chi connectivity index (χ4v) is 5.49. The first kappa shape index (κ1) is 24.5. The molecule has 7 nitrogen and oxygen atoms in total. The van der Waals surface area contributed by atoms with Gasteiger partial charge < -0.3 is 14.8 Å². The third-order valence-corrected chi connectivity index (χ3v) is 7.52. The van der Waals surface area contributed by atoms with Gasteiger partial charge in [0.05, 0.1) is 16.6 Å². The first-order chi connectivity index (χ1) is 16.6. The van der Waals surface area contributed by atoms with Crippen molar-refractivity contribution in [2.45, 2.75) is 31.7 Å². The lowest BCUT2D eigenvalue weighted by Gasteiger charge is -2.26. The van der Waals surface area contributed by atoms with Crippen molar-refractivity contribution >= 4 is 21.6 Å². The summed E-state index contributed by atoms with van der Waals surface area (Å²) >= 11 is 0. The minimum absolute atomic E-state index is 0.0363. The predicted molar refractivity (Wildman–Crippen MR) is 131 cm³/mol. The Labute approximate surface area is 204 Å². The lowest BCUT2D eigenvalue weighted by atomic mass is 10.0. The van der Waals surface area contributed by atoms with Gasteiger partial charge in [-0.3, -0.25) is 9.10 Å². The Morgan fingerprint density at radius 1 is 1.03 bits per heavy atom. The van der Waals surface area contributed by atoms with Gasteiger partial charge in [0.2, 0.25) is 5.91 Å². The number of carbonyl (C=O) groups is 1. The van der Waals surface area contributed by atoms with Crippen molar-refractivity contribution in [1.29, 1.82) is 0 Å². The summed E-state index contributed by atoms with van der Waals surface area (Å²) in [5.74, 6) is -0.409. The van der Waals surface area contributed by atoms with Crippen LogP contribution in [-0.2, 0) is 14.8 Å². The van der Waals surface area contributed by atoms with Crippen LogP contribution in [-0.4, -0.2) is 34.1 Å². The Hall–Kier alpha value is -3.59. The van der Waals surface area contributed by atoms with E-state index in [1.165, 1.54) is 36.4 Å². The van der Waals surface area contributed by atoms with E-state index < -0.39 is 28.3 Å². The third-order valence-electron chi connectivity index (χ3n) is 5.75. The minimum Gasteiger partial charge on any atom is -0.486 e. The molecule has 9 heteroatoms. The zero-order valence-electron chi connectivity index (χ0n) is 19.7. The summed E-state index contributed by atoms with van der Waals surface area (Å²) in [6.45, 7) is 5.90. The van der Waals surface area contributed by atoms with E-state index in [9.17, 15) is 17.6 Å². The van der Waals surface area contributed by atoms with Crippen LogP contribution in [0.2, 0.25) is 0 Å². The molecule has 4 rings (SSSR count). The summed E-state index contributed by atoms with van der Waals surface area (Å²) in [5, 5.41) is 2.86. The van der Waals surface area contributed by atoms with Crippen LogP contribution in [0.4, 0.5) is 10.1 Å². The van der Waals surface area contributed by atoms with Gasteiger partial charge in [0, 0.05) is 6.07 Å². The molecule has 0 aromatic heterocycles. The van der Waals surface area contributed by atoms with Gasteiger partial charge in [-0.05, 0) is 62.2 Å².